The average Bonchev–Trinajstić information content (AvgIpc) is 2.54. The number of rotatable bonds is 4. The molecule has 0 saturated carbocycles. The van der Waals surface area contributed by atoms with E-state index in [9.17, 15) is 0 Å². The summed E-state index contributed by atoms with van der Waals surface area (Å²) in [6.07, 6.45) is 4.62. The van der Waals surface area contributed by atoms with Crippen LogP contribution in [0.2, 0.25) is 0 Å². The average molecular weight is 362 g/mol. The minimum atomic E-state index is 0.246. The number of hydrogen-bond donors (Lipinski definition) is 0. The SMILES string of the molecule is CCOc1cnc(C(C)N2CCc3ccc(Br)cc3C2)cn1. The molecule has 0 radical (unpaired) electrons. The topological polar surface area (TPSA) is 38.2 Å². The first-order valence-electron chi connectivity index (χ1n) is 7.63. The molecule has 22 heavy (non-hydrogen) atoms. The van der Waals surface area contributed by atoms with Gasteiger partial charge in [-0.25, -0.2) is 4.98 Å². The van der Waals surface area contributed by atoms with E-state index in [0.29, 0.717) is 12.5 Å². The lowest BCUT2D eigenvalue weighted by Crippen LogP contribution is -2.33. The number of benzene rings is 1. The molecular formula is C17H20BrN3O. The molecule has 0 saturated heterocycles. The van der Waals surface area contributed by atoms with E-state index in [-0.39, 0.29) is 6.04 Å². The van der Waals surface area contributed by atoms with E-state index in [0.717, 1.165) is 29.7 Å². The second kappa shape index (κ2) is 6.75. The Kier molecular flexibility index (Phi) is 4.74. The second-order valence-corrected chi connectivity index (χ2v) is 6.44. The summed E-state index contributed by atoms with van der Waals surface area (Å²) < 4.78 is 6.49. The van der Waals surface area contributed by atoms with Gasteiger partial charge in [0, 0.05) is 17.6 Å². The highest BCUT2D eigenvalue weighted by Gasteiger charge is 2.22. The molecule has 0 spiro atoms. The molecule has 1 aromatic carbocycles. The summed E-state index contributed by atoms with van der Waals surface area (Å²) in [5.74, 6) is 0.589. The zero-order valence-corrected chi connectivity index (χ0v) is 14.5. The van der Waals surface area contributed by atoms with Gasteiger partial charge in [0.15, 0.2) is 0 Å². The number of fused-ring (bicyclic) bond motifs is 1. The molecular weight excluding hydrogens is 342 g/mol. The first-order valence-corrected chi connectivity index (χ1v) is 8.42. The quantitative estimate of drug-likeness (QED) is 0.830. The first kappa shape index (κ1) is 15.4. The van der Waals surface area contributed by atoms with Crippen LogP contribution in [0.25, 0.3) is 0 Å². The maximum atomic E-state index is 5.35. The minimum absolute atomic E-state index is 0.246. The van der Waals surface area contributed by atoms with Crippen LogP contribution in [0.1, 0.15) is 36.7 Å². The molecule has 0 aliphatic carbocycles. The highest BCUT2D eigenvalue weighted by atomic mass is 79.9. The first-order chi connectivity index (χ1) is 10.7. The van der Waals surface area contributed by atoms with Gasteiger partial charge >= 0.3 is 0 Å². The normalized spacial score (nSPS) is 16.1. The molecule has 116 valence electrons. The van der Waals surface area contributed by atoms with Crippen molar-refractivity contribution in [3.63, 3.8) is 0 Å². The zero-order valence-electron chi connectivity index (χ0n) is 12.9. The molecule has 0 amide bonds. The van der Waals surface area contributed by atoms with Crippen LogP contribution in [0.5, 0.6) is 5.88 Å². The van der Waals surface area contributed by atoms with Gasteiger partial charge in [-0.2, -0.15) is 0 Å². The van der Waals surface area contributed by atoms with Gasteiger partial charge in [-0.1, -0.05) is 22.0 Å². The molecule has 1 aromatic heterocycles. The van der Waals surface area contributed by atoms with Gasteiger partial charge in [0.25, 0.3) is 0 Å². The van der Waals surface area contributed by atoms with E-state index in [1.165, 1.54) is 11.1 Å². The predicted molar refractivity (Wildman–Crippen MR) is 89.9 cm³/mol. The van der Waals surface area contributed by atoms with E-state index < -0.39 is 0 Å². The number of ether oxygens (including phenoxy) is 1. The zero-order chi connectivity index (χ0) is 15.5. The Labute approximate surface area is 139 Å². The molecule has 0 fully saturated rings. The second-order valence-electron chi connectivity index (χ2n) is 5.52. The van der Waals surface area contributed by atoms with E-state index in [1.54, 1.807) is 6.20 Å². The Balaban J connectivity index is 1.74. The Morgan fingerprint density at radius 1 is 1.27 bits per heavy atom. The van der Waals surface area contributed by atoms with Gasteiger partial charge in [-0.3, -0.25) is 9.88 Å². The summed E-state index contributed by atoms with van der Waals surface area (Å²) in [5.41, 5.74) is 3.83. The van der Waals surface area contributed by atoms with Crippen LogP contribution in [-0.4, -0.2) is 28.0 Å². The van der Waals surface area contributed by atoms with Gasteiger partial charge in [0.1, 0.15) is 0 Å². The van der Waals surface area contributed by atoms with Crippen LogP contribution in [0.4, 0.5) is 0 Å². The van der Waals surface area contributed by atoms with Crippen molar-refractivity contribution in [1.29, 1.82) is 0 Å². The van der Waals surface area contributed by atoms with Gasteiger partial charge < -0.3 is 4.74 Å². The fraction of sp³-hybridized carbons (Fsp3) is 0.412. The fourth-order valence-corrected chi connectivity index (χ4v) is 3.24. The summed E-state index contributed by atoms with van der Waals surface area (Å²) in [5, 5.41) is 0. The van der Waals surface area contributed by atoms with Crippen molar-refractivity contribution in [2.45, 2.75) is 32.9 Å². The van der Waals surface area contributed by atoms with Crippen molar-refractivity contribution < 1.29 is 4.74 Å². The minimum Gasteiger partial charge on any atom is -0.477 e. The summed E-state index contributed by atoms with van der Waals surface area (Å²) in [6, 6.07) is 6.81. The van der Waals surface area contributed by atoms with Crippen LogP contribution in [0, 0.1) is 0 Å². The third-order valence-corrected chi connectivity index (χ3v) is 4.62. The highest BCUT2D eigenvalue weighted by molar-refractivity contribution is 9.10. The van der Waals surface area contributed by atoms with E-state index >= 15 is 0 Å². The molecule has 2 aromatic rings. The standard InChI is InChI=1S/C17H20BrN3O/c1-3-22-17-10-19-16(9-20-17)12(2)21-7-6-13-4-5-15(18)8-14(13)11-21/h4-5,8-10,12H,3,6-7,11H2,1-2H3. The van der Waals surface area contributed by atoms with E-state index in [4.69, 9.17) is 4.74 Å². The van der Waals surface area contributed by atoms with Crippen molar-refractivity contribution in [3.05, 3.63) is 51.9 Å². The van der Waals surface area contributed by atoms with Crippen molar-refractivity contribution in [1.82, 2.24) is 14.9 Å². The highest BCUT2D eigenvalue weighted by Crippen LogP contribution is 2.28. The molecule has 2 heterocycles. The Morgan fingerprint density at radius 3 is 2.86 bits per heavy atom. The molecule has 4 nitrogen and oxygen atoms in total. The number of nitrogens with zero attached hydrogens (tertiary/aromatic N) is 3. The van der Waals surface area contributed by atoms with Crippen LogP contribution >= 0.6 is 15.9 Å². The lowest BCUT2D eigenvalue weighted by Gasteiger charge is -2.33. The van der Waals surface area contributed by atoms with Crippen LogP contribution < -0.4 is 4.74 Å². The molecule has 5 heteroatoms. The molecule has 1 aliphatic rings. The van der Waals surface area contributed by atoms with E-state index in [2.05, 4.69) is 55.9 Å². The van der Waals surface area contributed by atoms with Gasteiger partial charge in [-0.15, -0.1) is 0 Å². The van der Waals surface area contributed by atoms with Crippen molar-refractivity contribution in [2.24, 2.45) is 0 Å². The van der Waals surface area contributed by atoms with Crippen LogP contribution in [0.15, 0.2) is 35.1 Å². The lowest BCUT2D eigenvalue weighted by atomic mass is 9.98. The van der Waals surface area contributed by atoms with Crippen molar-refractivity contribution in [3.8, 4) is 5.88 Å². The van der Waals surface area contributed by atoms with Gasteiger partial charge in [0.2, 0.25) is 5.88 Å². The summed E-state index contributed by atoms with van der Waals surface area (Å²) in [4.78, 5) is 11.3. The van der Waals surface area contributed by atoms with Gasteiger partial charge in [0.05, 0.1) is 30.7 Å². The smallest absolute Gasteiger partial charge is 0.232 e. The van der Waals surface area contributed by atoms with Crippen molar-refractivity contribution in [2.75, 3.05) is 13.2 Å². The monoisotopic (exact) mass is 361 g/mol. The fourth-order valence-electron chi connectivity index (χ4n) is 2.83. The Bertz CT molecular complexity index is 645. The number of hydrogen-bond acceptors (Lipinski definition) is 4. The largest absolute Gasteiger partial charge is 0.477 e. The molecule has 0 N–H and O–H groups in total. The Morgan fingerprint density at radius 2 is 2.14 bits per heavy atom. The maximum absolute atomic E-state index is 5.35. The lowest BCUT2D eigenvalue weighted by molar-refractivity contribution is 0.188. The maximum Gasteiger partial charge on any atom is 0.232 e. The summed E-state index contributed by atoms with van der Waals surface area (Å²) in [6.45, 7) is 6.74. The molecule has 1 atom stereocenters. The van der Waals surface area contributed by atoms with Crippen molar-refractivity contribution >= 4 is 15.9 Å². The summed E-state index contributed by atoms with van der Waals surface area (Å²) in [7, 11) is 0. The Hall–Kier alpha value is -1.46. The van der Waals surface area contributed by atoms with Crippen LogP contribution in [-0.2, 0) is 13.0 Å². The number of aromatic nitrogens is 2. The summed E-state index contributed by atoms with van der Waals surface area (Å²) >= 11 is 3.56. The third-order valence-electron chi connectivity index (χ3n) is 4.13. The molecule has 1 aliphatic heterocycles. The predicted octanol–water partition coefficient (Wildman–Crippen LogP) is 3.76. The number of halogens is 1. The molecule has 3 rings (SSSR count). The molecule has 0 bridgehead atoms. The third kappa shape index (κ3) is 3.31. The molecule has 1 unspecified atom stereocenters. The van der Waals surface area contributed by atoms with Gasteiger partial charge in [-0.05, 0) is 43.5 Å². The van der Waals surface area contributed by atoms with Crippen LogP contribution in [0.3, 0.4) is 0 Å². The van der Waals surface area contributed by atoms with E-state index in [1.807, 2.05) is 13.1 Å².